The average Bonchev–Trinajstić information content (AvgIpc) is 2.32. The Morgan fingerprint density at radius 2 is 2.00 bits per heavy atom. The van der Waals surface area contributed by atoms with Crippen LogP contribution in [0, 0.1) is 5.92 Å². The van der Waals surface area contributed by atoms with Crippen molar-refractivity contribution in [3.63, 3.8) is 0 Å². The minimum absolute atomic E-state index is 0.0882. The van der Waals surface area contributed by atoms with Gasteiger partial charge < -0.3 is 10.4 Å². The zero-order chi connectivity index (χ0) is 11.4. The molecule has 0 unspecified atom stereocenters. The van der Waals surface area contributed by atoms with Crippen molar-refractivity contribution in [2.24, 2.45) is 5.92 Å². The Morgan fingerprint density at radius 1 is 1.25 bits per heavy atom. The van der Waals surface area contributed by atoms with Crippen LogP contribution in [0.15, 0.2) is 30.3 Å². The molecule has 88 valence electrons. The van der Waals surface area contributed by atoms with Crippen LogP contribution in [0.4, 0.5) is 0 Å². The van der Waals surface area contributed by atoms with E-state index < -0.39 is 0 Å². The van der Waals surface area contributed by atoms with Gasteiger partial charge in [-0.2, -0.15) is 0 Å². The number of aliphatic hydroxyl groups excluding tert-OH is 1. The maximum absolute atomic E-state index is 9.65. The van der Waals surface area contributed by atoms with Gasteiger partial charge >= 0.3 is 0 Å². The van der Waals surface area contributed by atoms with E-state index in [-0.39, 0.29) is 6.10 Å². The molecule has 0 spiro atoms. The second-order valence-corrected chi connectivity index (χ2v) is 4.92. The van der Waals surface area contributed by atoms with Gasteiger partial charge in [-0.25, -0.2) is 0 Å². The molecule has 1 aromatic rings. The molecular formula is C14H21NO. The smallest absolute Gasteiger partial charge is 0.0566 e. The second-order valence-electron chi connectivity index (χ2n) is 4.92. The molecule has 0 radical (unpaired) electrons. The molecule has 16 heavy (non-hydrogen) atoms. The fraction of sp³-hybridized carbons (Fsp3) is 0.571. The van der Waals surface area contributed by atoms with Crippen LogP contribution in [0.3, 0.4) is 0 Å². The third-order valence-corrected chi connectivity index (χ3v) is 3.56. The summed E-state index contributed by atoms with van der Waals surface area (Å²) in [4.78, 5) is 0. The highest BCUT2D eigenvalue weighted by Crippen LogP contribution is 2.24. The molecule has 1 fully saturated rings. The zero-order valence-electron chi connectivity index (χ0n) is 9.89. The first-order valence-electron chi connectivity index (χ1n) is 6.21. The van der Waals surface area contributed by atoms with Crippen LogP contribution in [-0.4, -0.2) is 17.3 Å². The second kappa shape index (κ2) is 5.46. The topological polar surface area (TPSA) is 32.3 Å². The maximum Gasteiger partial charge on any atom is 0.0566 e. The number of hydrogen-bond donors (Lipinski definition) is 2. The van der Waals surface area contributed by atoms with Crippen LogP contribution >= 0.6 is 0 Å². The molecule has 0 amide bonds. The Kier molecular flexibility index (Phi) is 3.97. The van der Waals surface area contributed by atoms with E-state index in [1.54, 1.807) is 0 Å². The predicted molar refractivity (Wildman–Crippen MR) is 66.1 cm³/mol. The molecule has 1 aliphatic rings. The summed E-state index contributed by atoms with van der Waals surface area (Å²) in [5.74, 6) is 0.432. The summed E-state index contributed by atoms with van der Waals surface area (Å²) in [7, 11) is 0. The molecule has 3 atom stereocenters. The van der Waals surface area contributed by atoms with Crippen molar-refractivity contribution < 1.29 is 5.11 Å². The Hall–Kier alpha value is -0.860. The maximum atomic E-state index is 9.65. The first kappa shape index (κ1) is 11.6. The molecule has 1 aliphatic carbocycles. The van der Waals surface area contributed by atoms with Gasteiger partial charge in [0, 0.05) is 12.6 Å². The van der Waals surface area contributed by atoms with Gasteiger partial charge in [-0.15, -0.1) is 0 Å². The van der Waals surface area contributed by atoms with E-state index >= 15 is 0 Å². The van der Waals surface area contributed by atoms with Crippen LogP contribution < -0.4 is 5.32 Å². The highest BCUT2D eigenvalue weighted by molar-refractivity contribution is 5.14. The lowest BCUT2D eigenvalue weighted by molar-refractivity contribution is 0.0657. The first-order valence-corrected chi connectivity index (χ1v) is 6.21. The van der Waals surface area contributed by atoms with E-state index in [1.807, 2.05) is 6.07 Å². The van der Waals surface area contributed by atoms with Crippen LogP contribution in [0.5, 0.6) is 0 Å². The number of aliphatic hydroxyl groups is 1. The molecule has 1 saturated carbocycles. The Balaban J connectivity index is 1.79. The van der Waals surface area contributed by atoms with Crippen LogP contribution in [-0.2, 0) is 6.54 Å². The number of rotatable bonds is 3. The van der Waals surface area contributed by atoms with Crippen molar-refractivity contribution >= 4 is 0 Å². The predicted octanol–water partition coefficient (Wildman–Crippen LogP) is 2.33. The lowest BCUT2D eigenvalue weighted by atomic mass is 9.84. The molecule has 0 heterocycles. The number of benzene rings is 1. The Morgan fingerprint density at radius 3 is 2.69 bits per heavy atom. The summed E-state index contributed by atoms with van der Waals surface area (Å²) in [6, 6.07) is 11.1. The first-order chi connectivity index (χ1) is 7.75. The highest BCUT2D eigenvalue weighted by Gasteiger charge is 2.25. The summed E-state index contributed by atoms with van der Waals surface area (Å²) < 4.78 is 0. The Labute approximate surface area is 97.7 Å². The fourth-order valence-corrected chi connectivity index (χ4v) is 2.42. The van der Waals surface area contributed by atoms with Gasteiger partial charge in [-0.1, -0.05) is 37.3 Å². The molecule has 0 bridgehead atoms. The van der Waals surface area contributed by atoms with Crippen molar-refractivity contribution in [2.45, 2.75) is 44.9 Å². The van der Waals surface area contributed by atoms with Crippen molar-refractivity contribution in [1.82, 2.24) is 5.32 Å². The third kappa shape index (κ3) is 3.06. The standard InChI is InChI=1S/C14H21NO/c1-11-9-13(7-8-14(11)16)15-10-12-5-3-2-4-6-12/h2-6,11,13-16H,7-10H2,1H3/t11-,13-,14-/m0/s1. The quantitative estimate of drug-likeness (QED) is 0.817. The van der Waals surface area contributed by atoms with E-state index in [4.69, 9.17) is 0 Å². The monoisotopic (exact) mass is 219 g/mol. The van der Waals surface area contributed by atoms with Gasteiger partial charge in [0.15, 0.2) is 0 Å². The lowest BCUT2D eigenvalue weighted by Crippen LogP contribution is -2.38. The highest BCUT2D eigenvalue weighted by atomic mass is 16.3. The molecule has 2 heteroatoms. The van der Waals surface area contributed by atoms with E-state index in [0.717, 1.165) is 25.8 Å². The summed E-state index contributed by atoms with van der Waals surface area (Å²) in [5, 5.41) is 13.2. The molecule has 2 rings (SSSR count). The minimum Gasteiger partial charge on any atom is -0.393 e. The molecule has 0 aliphatic heterocycles. The SMILES string of the molecule is C[C@H]1C[C@@H](NCc2ccccc2)CC[C@@H]1O. The van der Waals surface area contributed by atoms with Crippen molar-refractivity contribution in [2.75, 3.05) is 0 Å². The molecular weight excluding hydrogens is 198 g/mol. The molecule has 0 saturated heterocycles. The normalized spacial score (nSPS) is 30.2. The van der Waals surface area contributed by atoms with Crippen LogP contribution in [0.25, 0.3) is 0 Å². The summed E-state index contributed by atoms with van der Waals surface area (Å²) in [5.41, 5.74) is 1.33. The molecule has 2 N–H and O–H groups in total. The van der Waals surface area contributed by atoms with Gasteiger partial charge in [0.25, 0.3) is 0 Å². The van der Waals surface area contributed by atoms with E-state index in [0.29, 0.717) is 12.0 Å². The van der Waals surface area contributed by atoms with Crippen molar-refractivity contribution in [3.05, 3.63) is 35.9 Å². The fourth-order valence-electron chi connectivity index (χ4n) is 2.42. The van der Waals surface area contributed by atoms with Crippen molar-refractivity contribution in [3.8, 4) is 0 Å². The van der Waals surface area contributed by atoms with E-state index in [2.05, 4.69) is 36.5 Å². The van der Waals surface area contributed by atoms with Gasteiger partial charge in [0.05, 0.1) is 6.10 Å². The summed E-state index contributed by atoms with van der Waals surface area (Å²) >= 11 is 0. The Bertz CT molecular complexity index is 312. The van der Waals surface area contributed by atoms with Gasteiger partial charge in [-0.05, 0) is 30.7 Å². The van der Waals surface area contributed by atoms with E-state index in [9.17, 15) is 5.11 Å². The molecule has 2 nitrogen and oxygen atoms in total. The van der Waals surface area contributed by atoms with Crippen molar-refractivity contribution in [1.29, 1.82) is 0 Å². The summed E-state index contributed by atoms with van der Waals surface area (Å²) in [6.45, 7) is 3.08. The lowest BCUT2D eigenvalue weighted by Gasteiger charge is -2.31. The summed E-state index contributed by atoms with van der Waals surface area (Å²) in [6.07, 6.45) is 3.04. The molecule has 1 aromatic carbocycles. The van der Waals surface area contributed by atoms with Gasteiger partial charge in [0.2, 0.25) is 0 Å². The van der Waals surface area contributed by atoms with Gasteiger partial charge in [-0.3, -0.25) is 0 Å². The average molecular weight is 219 g/mol. The zero-order valence-corrected chi connectivity index (χ0v) is 9.89. The minimum atomic E-state index is -0.0882. The largest absolute Gasteiger partial charge is 0.393 e. The van der Waals surface area contributed by atoms with E-state index in [1.165, 1.54) is 5.56 Å². The molecule has 0 aromatic heterocycles. The van der Waals surface area contributed by atoms with Crippen LogP contribution in [0.2, 0.25) is 0 Å². The van der Waals surface area contributed by atoms with Gasteiger partial charge in [0.1, 0.15) is 0 Å². The number of hydrogen-bond acceptors (Lipinski definition) is 2. The third-order valence-electron chi connectivity index (χ3n) is 3.56. The number of nitrogens with one attached hydrogen (secondary N) is 1. The van der Waals surface area contributed by atoms with Crippen LogP contribution in [0.1, 0.15) is 31.7 Å².